The summed E-state index contributed by atoms with van der Waals surface area (Å²) in [5, 5.41) is 5.04. The second-order valence-corrected chi connectivity index (χ2v) is 15.5. The number of hydrogen-bond acceptors (Lipinski definition) is 9. The molecule has 10 nitrogen and oxygen atoms in total. The van der Waals surface area contributed by atoms with Crippen LogP contribution in [-0.4, -0.2) is 107 Å². The fraction of sp³-hybridized carbons (Fsp3) is 0.450. The number of fused-ring (bicyclic) bond motifs is 5. The van der Waals surface area contributed by atoms with Crippen LogP contribution in [0.5, 0.6) is 6.01 Å². The first kappa shape index (κ1) is 35.6. The van der Waals surface area contributed by atoms with Gasteiger partial charge in [-0.2, -0.15) is 23.1 Å². The molecule has 5 fully saturated rings. The third kappa shape index (κ3) is 6.19. The molecule has 2 aromatic carbocycles. The summed E-state index contributed by atoms with van der Waals surface area (Å²) in [6.07, 6.45) is 6.17. The molecule has 2 aromatic heterocycles. The highest BCUT2D eigenvalue weighted by Gasteiger charge is 2.52. The second kappa shape index (κ2) is 13.3. The Hall–Kier alpha value is -5.07. The van der Waals surface area contributed by atoms with Gasteiger partial charge in [0.15, 0.2) is 5.82 Å². The largest absolute Gasteiger partial charge is 0.461 e. The van der Waals surface area contributed by atoms with E-state index in [-0.39, 0.29) is 54.1 Å². The van der Waals surface area contributed by atoms with Crippen LogP contribution in [0.2, 0.25) is 0 Å². The van der Waals surface area contributed by atoms with Gasteiger partial charge in [0.25, 0.3) is 0 Å². The Kier molecular flexibility index (Phi) is 8.61. The van der Waals surface area contributed by atoms with Crippen molar-refractivity contribution in [2.24, 2.45) is 5.92 Å². The summed E-state index contributed by atoms with van der Waals surface area (Å²) in [5.74, 6) is 0.0824. The van der Waals surface area contributed by atoms with E-state index in [4.69, 9.17) is 20.9 Å². The Morgan fingerprint density at radius 2 is 1.85 bits per heavy atom. The summed E-state index contributed by atoms with van der Waals surface area (Å²) in [7, 11) is 0. The highest BCUT2D eigenvalue weighted by molar-refractivity contribution is 6.02. The average molecular weight is 760 g/mol. The van der Waals surface area contributed by atoms with Gasteiger partial charge in [-0.05, 0) is 43.6 Å². The predicted molar refractivity (Wildman–Crippen MR) is 194 cm³/mol. The van der Waals surface area contributed by atoms with E-state index in [0.29, 0.717) is 66.4 Å². The quantitative estimate of drug-likeness (QED) is 0.134. The molecule has 5 saturated heterocycles. The Morgan fingerprint density at radius 1 is 1.07 bits per heavy atom. The molecule has 4 atom stereocenters. The molecule has 1 N–H and O–H groups in total. The van der Waals surface area contributed by atoms with E-state index in [1.54, 1.807) is 30.5 Å². The van der Waals surface area contributed by atoms with E-state index in [1.165, 1.54) is 6.07 Å². The number of anilines is 1. The maximum atomic E-state index is 17.0. The van der Waals surface area contributed by atoms with Crippen LogP contribution in [0.4, 0.5) is 32.6 Å². The van der Waals surface area contributed by atoms with Crippen LogP contribution >= 0.6 is 0 Å². The molecule has 0 spiro atoms. The number of piperazine rings is 1. The van der Waals surface area contributed by atoms with E-state index in [9.17, 15) is 22.4 Å². The smallest absolute Gasteiger partial charge is 0.409 e. The van der Waals surface area contributed by atoms with E-state index in [2.05, 4.69) is 37.6 Å². The lowest BCUT2D eigenvalue weighted by molar-refractivity contribution is -0.204. The van der Waals surface area contributed by atoms with Crippen molar-refractivity contribution in [1.29, 1.82) is 0 Å². The maximum Gasteiger partial charge on any atom is 0.409 e. The number of pyridine rings is 1. The first-order valence-electron chi connectivity index (χ1n) is 18.5. The summed E-state index contributed by atoms with van der Waals surface area (Å²) in [4.78, 5) is 32.0. The molecule has 5 aliphatic rings. The molecular weight excluding hydrogens is 721 g/mol. The molecule has 4 aromatic rings. The van der Waals surface area contributed by atoms with Gasteiger partial charge >= 0.3 is 18.3 Å². The average Bonchev–Trinajstić information content (AvgIpc) is 3.77. The van der Waals surface area contributed by atoms with E-state index < -0.39 is 48.5 Å². The van der Waals surface area contributed by atoms with Gasteiger partial charge in [-0.3, -0.25) is 9.88 Å². The van der Waals surface area contributed by atoms with Crippen molar-refractivity contribution in [2.75, 3.05) is 50.8 Å². The van der Waals surface area contributed by atoms with Crippen LogP contribution in [-0.2, 0) is 4.74 Å². The minimum Gasteiger partial charge on any atom is -0.461 e. The third-order valence-corrected chi connectivity index (χ3v) is 12.0. The summed E-state index contributed by atoms with van der Waals surface area (Å²) < 4.78 is 82.7. The molecule has 0 unspecified atom stereocenters. The molecule has 7 heterocycles. The fourth-order valence-corrected chi connectivity index (χ4v) is 9.22. The van der Waals surface area contributed by atoms with Crippen molar-refractivity contribution in [3.05, 3.63) is 65.9 Å². The van der Waals surface area contributed by atoms with Crippen molar-refractivity contribution in [2.45, 2.75) is 61.9 Å². The number of hydrogen-bond donors (Lipinski definition) is 1. The number of benzene rings is 2. The normalized spacial score (nSPS) is 25.4. The van der Waals surface area contributed by atoms with Crippen LogP contribution in [0, 0.1) is 29.9 Å². The number of terminal acetylenes is 1. The van der Waals surface area contributed by atoms with E-state index >= 15 is 4.39 Å². The van der Waals surface area contributed by atoms with Gasteiger partial charge in [-0.25, -0.2) is 13.6 Å². The fourth-order valence-electron chi connectivity index (χ4n) is 9.22. The number of nitrogens with one attached hydrogen (secondary N) is 1. The van der Waals surface area contributed by atoms with Gasteiger partial charge in [-0.1, -0.05) is 42.3 Å². The zero-order chi connectivity index (χ0) is 38.2. The molecule has 0 saturated carbocycles. The number of nitrogens with zero attached hydrogens (tertiary/aromatic N) is 6. The van der Waals surface area contributed by atoms with Crippen molar-refractivity contribution >= 4 is 33.6 Å². The van der Waals surface area contributed by atoms with Gasteiger partial charge in [0.05, 0.1) is 22.4 Å². The van der Waals surface area contributed by atoms with Crippen molar-refractivity contribution < 1.29 is 36.2 Å². The molecule has 15 heteroatoms. The molecule has 2 bridgehead atoms. The van der Waals surface area contributed by atoms with Gasteiger partial charge in [-0.15, -0.1) is 6.42 Å². The lowest BCUT2D eigenvalue weighted by Crippen LogP contribution is -2.56. The number of aromatic nitrogens is 3. The van der Waals surface area contributed by atoms with Crippen molar-refractivity contribution in [3.8, 4) is 29.6 Å². The molecule has 286 valence electrons. The zero-order valence-corrected chi connectivity index (χ0v) is 29.8. The minimum atomic E-state index is -4.34. The molecule has 1 amide bonds. The van der Waals surface area contributed by atoms with Crippen molar-refractivity contribution in [1.82, 2.24) is 30.1 Å². The molecule has 5 aliphatic heterocycles. The molecule has 0 aliphatic carbocycles. The third-order valence-electron chi connectivity index (χ3n) is 12.0. The van der Waals surface area contributed by atoms with Crippen LogP contribution in [0.25, 0.3) is 32.9 Å². The van der Waals surface area contributed by atoms with Crippen LogP contribution < -0.4 is 15.0 Å². The number of alkyl halides is 3. The van der Waals surface area contributed by atoms with Gasteiger partial charge in [0.1, 0.15) is 36.1 Å². The first-order valence-corrected chi connectivity index (χ1v) is 18.5. The standard InChI is InChI=1S/C40H38F5N7O3/c1-3-28-31(41)10-7-23-5-4-6-29(32(23)28)34-33(42)35-30(14-46-34)36(50-18-25-8-9-26(19-50)47-25)49-37(48-35)55-21-39-12-11-27(52(39)15-22(2)13-39)20-54-38(53)51-16-24(17-51)40(43,44)45/h1,4-7,10,14,24-27,47H,2,8-9,11-13,15-21H2/t25-,26+,27-,39-/m0/s1. The maximum absolute atomic E-state index is 17.0. The number of amides is 1. The molecule has 55 heavy (non-hydrogen) atoms. The van der Waals surface area contributed by atoms with Crippen LogP contribution in [0.15, 0.2) is 48.7 Å². The molecule has 9 rings (SSSR count). The van der Waals surface area contributed by atoms with Gasteiger partial charge in [0.2, 0.25) is 0 Å². The monoisotopic (exact) mass is 759 g/mol. The number of carbonyl (C=O) groups excluding carboxylic acids is 1. The Balaban J connectivity index is 1.02. The van der Waals surface area contributed by atoms with Crippen LogP contribution in [0.3, 0.4) is 0 Å². The molecule has 0 radical (unpaired) electrons. The van der Waals surface area contributed by atoms with Gasteiger partial charge in [0, 0.05) is 68.0 Å². The molecular formula is C40H38F5N7O3. The van der Waals surface area contributed by atoms with Crippen molar-refractivity contribution in [3.63, 3.8) is 0 Å². The zero-order valence-electron chi connectivity index (χ0n) is 29.8. The Morgan fingerprint density at radius 3 is 2.60 bits per heavy atom. The Labute approximate surface area is 313 Å². The summed E-state index contributed by atoms with van der Waals surface area (Å²) in [6.45, 7) is 5.42. The van der Waals surface area contributed by atoms with Gasteiger partial charge < -0.3 is 24.6 Å². The second-order valence-electron chi connectivity index (χ2n) is 15.5. The lowest BCUT2D eigenvalue weighted by Gasteiger charge is -2.39. The summed E-state index contributed by atoms with van der Waals surface area (Å²) >= 11 is 0. The summed E-state index contributed by atoms with van der Waals surface area (Å²) in [5.41, 5.74) is 0.754. The topological polar surface area (TPSA) is 96.0 Å². The Bertz CT molecular complexity index is 2260. The van der Waals surface area contributed by atoms with E-state index in [1.807, 2.05) is 0 Å². The highest BCUT2D eigenvalue weighted by atomic mass is 19.4. The highest BCUT2D eigenvalue weighted by Crippen LogP contribution is 2.45. The van der Waals surface area contributed by atoms with E-state index in [0.717, 1.165) is 23.3 Å². The number of likely N-dealkylation sites (tertiary alicyclic amines) is 1. The minimum absolute atomic E-state index is 0.00620. The number of halogens is 5. The summed E-state index contributed by atoms with van der Waals surface area (Å²) in [6, 6.07) is 8.36. The predicted octanol–water partition coefficient (Wildman–Crippen LogP) is 6.22. The number of ether oxygens (including phenoxy) is 2. The van der Waals surface area contributed by atoms with Crippen LogP contribution in [0.1, 0.15) is 37.7 Å². The first-order chi connectivity index (χ1) is 26.4. The SMILES string of the molecule is C#Cc1c(F)ccc2cccc(-c3ncc4c(N5C[C@H]6CC[C@@H](C5)N6)nc(OC[C@@]56CC[C@@H](COC(=O)N7CC(C(F)(F)F)C7)N5CC(=C)C6)nc4c3F)c12. The lowest BCUT2D eigenvalue weighted by atomic mass is 9.94. The number of rotatable bonds is 7. The number of carbonyl (C=O) groups is 1.